The number of aryl methyl sites for hydroxylation is 1. The first-order valence-corrected chi connectivity index (χ1v) is 6.94. The van der Waals surface area contributed by atoms with Crippen LogP contribution in [0.25, 0.3) is 10.9 Å². The molecule has 1 aliphatic rings. The van der Waals surface area contributed by atoms with Crippen LogP contribution in [-0.4, -0.2) is 4.57 Å². The maximum absolute atomic E-state index is 13.7. The Morgan fingerprint density at radius 3 is 2.72 bits per heavy atom. The quantitative estimate of drug-likeness (QED) is 0.827. The normalized spacial score (nSPS) is 15.3. The number of rotatable bonds is 2. The van der Waals surface area contributed by atoms with Gasteiger partial charge in [0.25, 0.3) is 5.56 Å². The third-order valence-electron chi connectivity index (χ3n) is 3.47. The van der Waals surface area contributed by atoms with Gasteiger partial charge in [0.15, 0.2) is 0 Å². The molecule has 3 rings (SSSR count). The minimum absolute atomic E-state index is 0.0281. The molecule has 1 heterocycles. The van der Waals surface area contributed by atoms with E-state index in [0.29, 0.717) is 10.5 Å². The van der Waals surface area contributed by atoms with Crippen molar-refractivity contribution < 1.29 is 4.39 Å². The van der Waals surface area contributed by atoms with Gasteiger partial charge < -0.3 is 4.57 Å². The van der Waals surface area contributed by atoms with E-state index in [4.69, 9.17) is 0 Å². The molecule has 0 aliphatic heterocycles. The number of hydrogen-bond acceptors (Lipinski definition) is 1. The lowest BCUT2D eigenvalue weighted by atomic mass is 10.1. The first kappa shape index (κ1) is 11.9. The summed E-state index contributed by atoms with van der Waals surface area (Å²) in [6.45, 7) is 1.98. The van der Waals surface area contributed by atoms with Crippen LogP contribution in [0.2, 0.25) is 0 Å². The van der Waals surface area contributed by atoms with E-state index in [1.165, 1.54) is 6.07 Å². The molecule has 1 aromatic heterocycles. The predicted octanol–water partition coefficient (Wildman–Crippen LogP) is 3.80. The fourth-order valence-corrected chi connectivity index (χ4v) is 2.74. The lowest BCUT2D eigenvalue weighted by Gasteiger charge is -2.13. The topological polar surface area (TPSA) is 22.0 Å². The standard InChI is InChI=1S/C14H13BrFNO/c1-2-8-5-14(18)17(9-3-4-9)13-7-11(15)12(16)6-10(8)13/h5-7,9H,2-4H2,1H3. The first-order chi connectivity index (χ1) is 8.61. The Bertz CT molecular complexity index is 688. The van der Waals surface area contributed by atoms with Crippen LogP contribution >= 0.6 is 15.9 Å². The molecule has 0 unspecified atom stereocenters. The highest BCUT2D eigenvalue weighted by Gasteiger charge is 2.26. The summed E-state index contributed by atoms with van der Waals surface area (Å²) in [4.78, 5) is 12.1. The lowest BCUT2D eigenvalue weighted by Crippen LogP contribution is -2.19. The van der Waals surface area contributed by atoms with Gasteiger partial charge in [-0.1, -0.05) is 6.92 Å². The Balaban J connectivity index is 2.44. The van der Waals surface area contributed by atoms with Crippen molar-refractivity contribution in [1.29, 1.82) is 0 Å². The molecule has 94 valence electrons. The molecule has 2 nitrogen and oxygen atoms in total. The minimum atomic E-state index is -0.279. The van der Waals surface area contributed by atoms with Crippen LogP contribution in [0.4, 0.5) is 4.39 Å². The average Bonchev–Trinajstić information content (AvgIpc) is 3.14. The molecule has 4 heteroatoms. The average molecular weight is 310 g/mol. The number of fused-ring (bicyclic) bond motifs is 1. The van der Waals surface area contributed by atoms with Crippen LogP contribution in [0.5, 0.6) is 0 Å². The van der Waals surface area contributed by atoms with Gasteiger partial charge in [-0.15, -0.1) is 0 Å². The van der Waals surface area contributed by atoms with E-state index < -0.39 is 0 Å². The van der Waals surface area contributed by atoms with Crippen LogP contribution in [0, 0.1) is 5.82 Å². The van der Waals surface area contributed by atoms with Crippen LogP contribution < -0.4 is 5.56 Å². The maximum atomic E-state index is 13.7. The number of pyridine rings is 1. The maximum Gasteiger partial charge on any atom is 0.251 e. The molecule has 0 spiro atoms. The van der Waals surface area contributed by atoms with Crippen molar-refractivity contribution >= 4 is 26.8 Å². The summed E-state index contributed by atoms with van der Waals surface area (Å²) in [6.07, 6.45) is 2.81. The third kappa shape index (κ3) is 1.79. The van der Waals surface area contributed by atoms with Gasteiger partial charge in [-0.2, -0.15) is 0 Å². The van der Waals surface area contributed by atoms with Crippen molar-refractivity contribution in [3.63, 3.8) is 0 Å². The highest BCUT2D eigenvalue weighted by Crippen LogP contribution is 2.37. The Morgan fingerprint density at radius 2 is 2.11 bits per heavy atom. The van der Waals surface area contributed by atoms with Gasteiger partial charge in [0.1, 0.15) is 5.82 Å². The van der Waals surface area contributed by atoms with E-state index in [-0.39, 0.29) is 11.4 Å². The molecule has 1 aromatic carbocycles. The largest absolute Gasteiger partial charge is 0.305 e. The predicted molar refractivity (Wildman–Crippen MR) is 73.5 cm³/mol. The zero-order valence-corrected chi connectivity index (χ0v) is 11.6. The zero-order valence-electron chi connectivity index (χ0n) is 10.0. The van der Waals surface area contributed by atoms with Gasteiger partial charge in [0, 0.05) is 17.5 Å². The van der Waals surface area contributed by atoms with E-state index in [9.17, 15) is 9.18 Å². The Kier molecular flexibility index (Phi) is 2.77. The minimum Gasteiger partial charge on any atom is -0.305 e. The Labute approximate surface area is 113 Å². The molecule has 0 saturated heterocycles. The molecule has 1 fully saturated rings. The monoisotopic (exact) mass is 309 g/mol. The molecule has 2 aromatic rings. The van der Waals surface area contributed by atoms with E-state index in [1.807, 2.05) is 6.92 Å². The molecule has 0 N–H and O–H groups in total. The number of halogens is 2. The molecule has 0 radical (unpaired) electrons. The summed E-state index contributed by atoms with van der Waals surface area (Å²) in [5, 5.41) is 0.852. The fourth-order valence-electron chi connectivity index (χ4n) is 2.41. The Hall–Kier alpha value is -1.16. The summed E-state index contributed by atoms with van der Waals surface area (Å²) in [6, 6.07) is 5.19. The molecule has 0 atom stereocenters. The molecular formula is C14H13BrFNO. The summed E-state index contributed by atoms with van der Waals surface area (Å²) in [5.74, 6) is -0.279. The van der Waals surface area contributed by atoms with Gasteiger partial charge >= 0.3 is 0 Å². The van der Waals surface area contributed by atoms with Crippen molar-refractivity contribution in [2.45, 2.75) is 32.2 Å². The van der Waals surface area contributed by atoms with Gasteiger partial charge in [-0.25, -0.2) is 4.39 Å². The van der Waals surface area contributed by atoms with E-state index in [0.717, 1.165) is 35.7 Å². The molecule has 1 saturated carbocycles. The molecule has 0 amide bonds. The summed E-state index contributed by atoms with van der Waals surface area (Å²) in [7, 11) is 0. The smallest absolute Gasteiger partial charge is 0.251 e. The van der Waals surface area contributed by atoms with Gasteiger partial charge in [-0.3, -0.25) is 4.79 Å². The number of benzene rings is 1. The van der Waals surface area contributed by atoms with E-state index >= 15 is 0 Å². The van der Waals surface area contributed by atoms with Gasteiger partial charge in [-0.05, 0) is 52.9 Å². The molecule has 1 aliphatic carbocycles. The van der Waals surface area contributed by atoms with Crippen LogP contribution in [0.1, 0.15) is 31.4 Å². The second kappa shape index (κ2) is 4.19. The van der Waals surface area contributed by atoms with Crippen molar-refractivity contribution in [3.8, 4) is 0 Å². The Morgan fingerprint density at radius 1 is 1.39 bits per heavy atom. The highest BCUT2D eigenvalue weighted by molar-refractivity contribution is 9.10. The SMILES string of the molecule is CCc1cc(=O)n(C2CC2)c2cc(Br)c(F)cc12. The van der Waals surface area contributed by atoms with Gasteiger partial charge in [0.05, 0.1) is 9.99 Å². The van der Waals surface area contributed by atoms with Crippen molar-refractivity contribution in [2.75, 3.05) is 0 Å². The van der Waals surface area contributed by atoms with Crippen molar-refractivity contribution in [2.24, 2.45) is 0 Å². The van der Waals surface area contributed by atoms with Crippen molar-refractivity contribution in [3.05, 3.63) is 44.4 Å². The molecule has 0 bridgehead atoms. The fraction of sp³-hybridized carbons (Fsp3) is 0.357. The van der Waals surface area contributed by atoms with Crippen LogP contribution in [0.3, 0.4) is 0 Å². The van der Waals surface area contributed by atoms with E-state index in [1.54, 1.807) is 16.7 Å². The van der Waals surface area contributed by atoms with Crippen LogP contribution in [-0.2, 0) is 6.42 Å². The summed E-state index contributed by atoms with van der Waals surface area (Å²) < 4.78 is 15.9. The number of hydrogen-bond donors (Lipinski definition) is 0. The lowest BCUT2D eigenvalue weighted by molar-refractivity contribution is 0.622. The third-order valence-corrected chi connectivity index (χ3v) is 4.08. The van der Waals surface area contributed by atoms with Gasteiger partial charge in [0.2, 0.25) is 0 Å². The number of nitrogens with zero attached hydrogens (tertiary/aromatic N) is 1. The first-order valence-electron chi connectivity index (χ1n) is 6.15. The summed E-state index contributed by atoms with van der Waals surface area (Å²) in [5.41, 5.74) is 1.79. The van der Waals surface area contributed by atoms with Crippen molar-refractivity contribution in [1.82, 2.24) is 4.57 Å². The second-order valence-corrected chi connectivity index (χ2v) is 5.60. The van der Waals surface area contributed by atoms with E-state index in [2.05, 4.69) is 15.9 Å². The summed E-state index contributed by atoms with van der Waals surface area (Å²) >= 11 is 3.20. The number of aromatic nitrogens is 1. The highest BCUT2D eigenvalue weighted by atomic mass is 79.9. The second-order valence-electron chi connectivity index (χ2n) is 4.75. The molecular weight excluding hydrogens is 297 g/mol. The molecule has 18 heavy (non-hydrogen) atoms. The zero-order chi connectivity index (χ0) is 12.9. The van der Waals surface area contributed by atoms with Crippen LogP contribution in [0.15, 0.2) is 27.5 Å².